The number of rotatable bonds is 9. The minimum absolute atomic E-state index is 0.0663. The SMILES string of the molecule is CCOc1ncccc1-c1ccc(N2CC[C@H](Oc3ccc(F)cc3C#N)C[C@@H]2C2CC2)c(C(=O)N[C@@H]2CCN(C)C2)n1. The third-order valence-electron chi connectivity index (χ3n) is 8.57. The molecule has 0 bridgehead atoms. The van der Waals surface area contributed by atoms with E-state index < -0.39 is 5.82 Å². The Labute approximate surface area is 251 Å². The average Bonchev–Trinajstić information content (AvgIpc) is 3.79. The Kier molecular flexibility index (Phi) is 8.43. The maximum Gasteiger partial charge on any atom is 0.272 e. The molecule has 0 spiro atoms. The highest BCUT2D eigenvalue weighted by atomic mass is 19.1. The fourth-order valence-electron chi connectivity index (χ4n) is 6.31. The summed E-state index contributed by atoms with van der Waals surface area (Å²) in [6, 6.07) is 14.0. The van der Waals surface area contributed by atoms with E-state index in [-0.39, 0.29) is 29.7 Å². The van der Waals surface area contributed by atoms with Gasteiger partial charge >= 0.3 is 0 Å². The van der Waals surface area contributed by atoms with Crippen molar-refractivity contribution in [2.45, 2.75) is 57.2 Å². The Balaban J connectivity index is 1.31. The molecule has 3 atom stereocenters. The number of halogens is 1. The van der Waals surface area contributed by atoms with E-state index in [1.165, 1.54) is 18.2 Å². The fraction of sp³-hybridized carbons (Fsp3) is 0.455. The fourth-order valence-corrected chi connectivity index (χ4v) is 6.31. The van der Waals surface area contributed by atoms with Crippen molar-refractivity contribution in [3.8, 4) is 29.0 Å². The Hall–Kier alpha value is -4.23. The van der Waals surface area contributed by atoms with Crippen LogP contribution in [0.5, 0.6) is 11.6 Å². The number of hydrogen-bond donors (Lipinski definition) is 1. The quantitative estimate of drug-likeness (QED) is 0.382. The molecule has 2 aromatic heterocycles. The summed E-state index contributed by atoms with van der Waals surface area (Å²) >= 11 is 0. The van der Waals surface area contributed by atoms with Gasteiger partial charge in [0.25, 0.3) is 5.91 Å². The van der Waals surface area contributed by atoms with E-state index in [2.05, 4.69) is 27.1 Å². The van der Waals surface area contributed by atoms with Gasteiger partial charge in [-0.15, -0.1) is 0 Å². The number of hydrogen-bond acceptors (Lipinski definition) is 8. The van der Waals surface area contributed by atoms with Crippen molar-refractivity contribution < 1.29 is 18.7 Å². The highest BCUT2D eigenvalue weighted by Gasteiger charge is 2.41. The summed E-state index contributed by atoms with van der Waals surface area (Å²) < 4.78 is 25.8. The number of carbonyl (C=O) groups is 1. The first-order valence-electron chi connectivity index (χ1n) is 15.1. The molecule has 4 heterocycles. The number of aromatic nitrogens is 2. The summed E-state index contributed by atoms with van der Waals surface area (Å²) in [7, 11) is 2.06. The zero-order valence-corrected chi connectivity index (χ0v) is 24.6. The Morgan fingerprint density at radius 1 is 1.16 bits per heavy atom. The topological polar surface area (TPSA) is 104 Å². The maximum atomic E-state index is 13.9. The van der Waals surface area contributed by atoms with Crippen LogP contribution in [0.2, 0.25) is 0 Å². The number of anilines is 1. The average molecular weight is 585 g/mol. The molecule has 0 radical (unpaired) electrons. The molecule has 3 aromatic rings. The van der Waals surface area contributed by atoms with Gasteiger partial charge in [0.05, 0.1) is 29.1 Å². The van der Waals surface area contributed by atoms with Crippen LogP contribution in [-0.2, 0) is 0 Å². The van der Waals surface area contributed by atoms with E-state index in [1.54, 1.807) is 6.20 Å². The van der Waals surface area contributed by atoms with Gasteiger partial charge in [-0.2, -0.15) is 5.26 Å². The molecular weight excluding hydrogens is 547 g/mol. The summed E-state index contributed by atoms with van der Waals surface area (Å²) in [5.41, 5.74) is 2.78. The van der Waals surface area contributed by atoms with Crippen molar-refractivity contribution in [3.05, 3.63) is 65.7 Å². The zero-order chi connectivity index (χ0) is 29.9. The van der Waals surface area contributed by atoms with Crippen LogP contribution in [0.1, 0.15) is 55.1 Å². The second-order valence-electron chi connectivity index (χ2n) is 11.7. The van der Waals surface area contributed by atoms with Gasteiger partial charge in [0.2, 0.25) is 5.88 Å². The van der Waals surface area contributed by atoms with Gasteiger partial charge in [0.15, 0.2) is 5.69 Å². The molecule has 3 aliphatic rings. The van der Waals surface area contributed by atoms with Gasteiger partial charge in [0, 0.05) is 44.2 Å². The lowest BCUT2D eigenvalue weighted by molar-refractivity contribution is 0.0933. The third-order valence-corrected chi connectivity index (χ3v) is 8.57. The Morgan fingerprint density at radius 2 is 2.02 bits per heavy atom. The predicted molar refractivity (Wildman–Crippen MR) is 161 cm³/mol. The summed E-state index contributed by atoms with van der Waals surface area (Å²) in [6.07, 6.45) is 6.12. The summed E-state index contributed by atoms with van der Waals surface area (Å²) in [5.74, 6) is 0.737. The molecule has 3 fully saturated rings. The second kappa shape index (κ2) is 12.6. The van der Waals surface area contributed by atoms with Crippen LogP contribution in [-0.4, -0.2) is 72.3 Å². The number of likely N-dealkylation sites (tertiary alicyclic amines) is 1. The van der Waals surface area contributed by atoms with Gasteiger partial charge in [-0.25, -0.2) is 14.4 Å². The van der Waals surface area contributed by atoms with Gasteiger partial charge in [-0.05, 0) is 88.2 Å². The molecule has 224 valence electrons. The van der Waals surface area contributed by atoms with Gasteiger partial charge in [0.1, 0.15) is 23.7 Å². The molecule has 9 nitrogen and oxygen atoms in total. The number of piperidine rings is 1. The van der Waals surface area contributed by atoms with E-state index >= 15 is 0 Å². The molecule has 0 unspecified atom stereocenters. The number of amides is 1. The van der Waals surface area contributed by atoms with Crippen LogP contribution < -0.4 is 19.7 Å². The lowest BCUT2D eigenvalue weighted by atomic mass is 9.94. The highest BCUT2D eigenvalue weighted by molar-refractivity contribution is 5.99. The van der Waals surface area contributed by atoms with Crippen molar-refractivity contribution in [1.29, 1.82) is 5.26 Å². The largest absolute Gasteiger partial charge is 0.489 e. The van der Waals surface area contributed by atoms with Crippen LogP contribution in [0.25, 0.3) is 11.3 Å². The Morgan fingerprint density at radius 3 is 2.77 bits per heavy atom. The van der Waals surface area contributed by atoms with E-state index in [4.69, 9.17) is 14.5 Å². The number of benzene rings is 1. The molecule has 6 rings (SSSR count). The number of nitrogens with zero attached hydrogens (tertiary/aromatic N) is 5. The third kappa shape index (κ3) is 6.42. The van der Waals surface area contributed by atoms with E-state index in [0.29, 0.717) is 48.5 Å². The number of likely N-dealkylation sites (N-methyl/N-ethyl adjacent to an activating group) is 1. The number of carbonyl (C=O) groups excluding carboxylic acids is 1. The molecule has 10 heteroatoms. The lowest BCUT2D eigenvalue weighted by Crippen LogP contribution is -2.48. The van der Waals surface area contributed by atoms with Crippen molar-refractivity contribution >= 4 is 11.6 Å². The molecule has 1 aromatic carbocycles. The maximum absolute atomic E-state index is 13.9. The number of nitrogens with one attached hydrogen (secondary N) is 1. The monoisotopic (exact) mass is 584 g/mol. The molecule has 1 aliphatic carbocycles. The predicted octanol–water partition coefficient (Wildman–Crippen LogP) is 4.81. The standard InChI is InChI=1S/C33H37FN6O3/c1-3-42-33-26(5-4-14-36-33)27-9-10-28(31(38-27)32(41)37-24-12-15-39(2)20-24)40-16-13-25(18-29(40)21-6-7-21)43-30-11-8-23(34)17-22(30)19-35/h4-5,8-11,14,17,21,24-25,29H,3,6-7,12-13,15-16,18,20H2,1-2H3,(H,37,41)/t24-,25+,29-/m1/s1. The minimum atomic E-state index is -0.458. The molecule has 2 aliphatic heterocycles. The first kappa shape index (κ1) is 28.9. The van der Waals surface area contributed by atoms with Gasteiger partial charge in [-0.3, -0.25) is 4.79 Å². The van der Waals surface area contributed by atoms with E-state index in [1.807, 2.05) is 37.3 Å². The molecule has 2 saturated heterocycles. The number of nitriles is 1. The van der Waals surface area contributed by atoms with Gasteiger partial charge in [-0.1, -0.05) is 0 Å². The van der Waals surface area contributed by atoms with Crippen LogP contribution in [0.15, 0.2) is 48.7 Å². The van der Waals surface area contributed by atoms with E-state index in [0.717, 1.165) is 50.0 Å². The smallest absolute Gasteiger partial charge is 0.272 e. The van der Waals surface area contributed by atoms with Crippen LogP contribution in [0.3, 0.4) is 0 Å². The van der Waals surface area contributed by atoms with Crippen molar-refractivity contribution in [2.75, 3.05) is 38.2 Å². The first-order chi connectivity index (χ1) is 20.9. The normalized spacial score (nSPS) is 22.2. The molecule has 1 amide bonds. The van der Waals surface area contributed by atoms with Crippen LogP contribution in [0.4, 0.5) is 10.1 Å². The molecule has 1 N–H and O–H groups in total. The minimum Gasteiger partial charge on any atom is -0.489 e. The van der Waals surface area contributed by atoms with Crippen LogP contribution >= 0.6 is 0 Å². The van der Waals surface area contributed by atoms with Crippen molar-refractivity contribution in [1.82, 2.24) is 20.2 Å². The summed E-state index contributed by atoms with van der Waals surface area (Å²) in [5, 5.41) is 12.7. The summed E-state index contributed by atoms with van der Waals surface area (Å²) in [6.45, 7) is 4.80. The highest BCUT2D eigenvalue weighted by Crippen LogP contribution is 2.43. The molecule has 1 saturated carbocycles. The number of pyridine rings is 2. The van der Waals surface area contributed by atoms with E-state index in [9.17, 15) is 14.4 Å². The van der Waals surface area contributed by atoms with Crippen molar-refractivity contribution in [2.24, 2.45) is 5.92 Å². The lowest BCUT2D eigenvalue weighted by Gasteiger charge is -2.42. The van der Waals surface area contributed by atoms with Crippen molar-refractivity contribution in [3.63, 3.8) is 0 Å². The van der Waals surface area contributed by atoms with Gasteiger partial charge < -0.3 is 24.6 Å². The first-order valence-corrected chi connectivity index (χ1v) is 15.1. The molecular formula is C33H37FN6O3. The van der Waals surface area contributed by atoms with Crippen LogP contribution in [0, 0.1) is 23.1 Å². The Bertz CT molecular complexity index is 1520. The number of ether oxygens (including phenoxy) is 2. The summed E-state index contributed by atoms with van der Waals surface area (Å²) in [4.78, 5) is 27.8. The zero-order valence-electron chi connectivity index (χ0n) is 24.6. The second-order valence-corrected chi connectivity index (χ2v) is 11.7. The molecule has 43 heavy (non-hydrogen) atoms.